The number of benzene rings is 1. The molecule has 1 N–H and O–H groups in total. The highest BCUT2D eigenvalue weighted by molar-refractivity contribution is 9.10. The monoisotopic (exact) mass is 432 g/mol. The van der Waals surface area contributed by atoms with Gasteiger partial charge in [-0.25, -0.2) is 8.91 Å². The van der Waals surface area contributed by atoms with E-state index in [0.717, 1.165) is 36.9 Å². The van der Waals surface area contributed by atoms with Gasteiger partial charge < -0.3 is 9.88 Å². The van der Waals surface area contributed by atoms with Crippen molar-refractivity contribution in [2.75, 3.05) is 5.32 Å². The molecule has 27 heavy (non-hydrogen) atoms. The molecule has 0 unspecified atom stereocenters. The first-order valence-electron chi connectivity index (χ1n) is 8.87. The lowest BCUT2D eigenvalue weighted by molar-refractivity contribution is -0.116. The molecule has 0 bridgehead atoms. The van der Waals surface area contributed by atoms with Crippen molar-refractivity contribution in [1.82, 2.24) is 14.2 Å². The van der Waals surface area contributed by atoms with Gasteiger partial charge in [-0.2, -0.15) is 5.10 Å². The van der Waals surface area contributed by atoms with Crippen molar-refractivity contribution in [3.05, 3.63) is 62.5 Å². The predicted molar refractivity (Wildman–Crippen MR) is 103 cm³/mol. The highest BCUT2D eigenvalue weighted by Crippen LogP contribution is 2.24. The van der Waals surface area contributed by atoms with Gasteiger partial charge in [0.1, 0.15) is 11.3 Å². The normalized spacial score (nSPS) is 13.6. The maximum absolute atomic E-state index is 13.1. The van der Waals surface area contributed by atoms with Crippen molar-refractivity contribution >= 4 is 33.0 Å². The van der Waals surface area contributed by atoms with E-state index in [0.29, 0.717) is 15.7 Å². The molecule has 1 aliphatic carbocycles. The fourth-order valence-electron chi connectivity index (χ4n) is 3.46. The van der Waals surface area contributed by atoms with Crippen LogP contribution in [0.15, 0.2) is 39.9 Å². The Morgan fingerprint density at radius 3 is 2.89 bits per heavy atom. The van der Waals surface area contributed by atoms with E-state index in [-0.39, 0.29) is 30.2 Å². The van der Waals surface area contributed by atoms with Crippen LogP contribution in [0, 0.1) is 5.82 Å². The summed E-state index contributed by atoms with van der Waals surface area (Å²) in [6, 6.07) is 4.06. The quantitative estimate of drug-likeness (QED) is 0.687. The molecular weight excluding hydrogens is 415 g/mol. The summed E-state index contributed by atoms with van der Waals surface area (Å²) in [6.07, 6.45) is 7.51. The third-order valence-electron chi connectivity index (χ3n) is 4.82. The molecule has 3 aromatic rings. The van der Waals surface area contributed by atoms with Gasteiger partial charge in [-0.1, -0.05) is 0 Å². The lowest BCUT2D eigenvalue weighted by atomic mass is 9.97. The number of hydrogen-bond acceptors (Lipinski definition) is 3. The highest BCUT2D eigenvalue weighted by Gasteiger charge is 2.19. The molecule has 0 aliphatic heterocycles. The Balaban J connectivity index is 1.51. The molecule has 8 heteroatoms. The Bertz CT molecular complexity index is 1090. The lowest BCUT2D eigenvalue weighted by Gasteiger charge is -2.10. The number of halogens is 2. The molecule has 0 radical (unpaired) electrons. The number of hydrogen-bond donors (Lipinski definition) is 1. The van der Waals surface area contributed by atoms with Crippen LogP contribution in [0.25, 0.3) is 5.52 Å². The SMILES string of the molecule is O=C(CCn1ccn2nc3c(c2c1=O)CCCC3)Nc1ccc(F)cc1Br. The summed E-state index contributed by atoms with van der Waals surface area (Å²) in [4.78, 5) is 25.1. The number of rotatable bonds is 4. The fourth-order valence-corrected chi connectivity index (χ4v) is 3.91. The number of anilines is 1. The van der Waals surface area contributed by atoms with Crippen molar-refractivity contribution in [3.63, 3.8) is 0 Å². The zero-order valence-corrected chi connectivity index (χ0v) is 16.1. The van der Waals surface area contributed by atoms with E-state index in [1.165, 1.54) is 18.2 Å². The minimum absolute atomic E-state index is 0.121. The summed E-state index contributed by atoms with van der Waals surface area (Å²) in [5.41, 5.74) is 3.04. The summed E-state index contributed by atoms with van der Waals surface area (Å²) in [7, 11) is 0. The molecule has 1 amide bonds. The Labute approximate surface area is 163 Å². The smallest absolute Gasteiger partial charge is 0.276 e. The van der Waals surface area contributed by atoms with E-state index in [1.54, 1.807) is 21.5 Å². The summed E-state index contributed by atoms with van der Waals surface area (Å²) in [6.45, 7) is 0.264. The Morgan fingerprint density at radius 1 is 1.26 bits per heavy atom. The van der Waals surface area contributed by atoms with Gasteiger partial charge in [-0.3, -0.25) is 9.59 Å². The van der Waals surface area contributed by atoms with E-state index < -0.39 is 0 Å². The molecule has 2 aromatic heterocycles. The van der Waals surface area contributed by atoms with Gasteiger partial charge >= 0.3 is 0 Å². The summed E-state index contributed by atoms with van der Waals surface area (Å²) >= 11 is 3.22. The van der Waals surface area contributed by atoms with Crippen LogP contribution in [-0.4, -0.2) is 20.1 Å². The van der Waals surface area contributed by atoms with Gasteiger partial charge in [0, 0.05) is 35.4 Å². The topological polar surface area (TPSA) is 68.4 Å². The average Bonchev–Trinajstić information content (AvgIpc) is 3.03. The standard InChI is InChI=1S/C19H18BrFN4O2/c20-14-11-12(21)5-6-16(14)22-17(26)7-8-24-9-10-25-18(19(24)27)13-3-1-2-4-15(13)23-25/h5-6,9-11H,1-4,7-8H2,(H,22,26). The summed E-state index contributed by atoms with van der Waals surface area (Å²) in [5, 5.41) is 7.24. The molecular formula is C19H18BrFN4O2. The van der Waals surface area contributed by atoms with Crippen LogP contribution >= 0.6 is 15.9 Å². The van der Waals surface area contributed by atoms with Crippen molar-refractivity contribution in [3.8, 4) is 0 Å². The van der Waals surface area contributed by atoms with Crippen molar-refractivity contribution in [2.24, 2.45) is 0 Å². The number of carbonyl (C=O) groups excluding carboxylic acids is 1. The van der Waals surface area contributed by atoms with Gasteiger partial charge in [0.05, 0.1) is 11.4 Å². The summed E-state index contributed by atoms with van der Waals surface area (Å²) in [5.74, 6) is -0.631. The second-order valence-electron chi connectivity index (χ2n) is 6.64. The largest absolute Gasteiger partial charge is 0.325 e. The van der Waals surface area contributed by atoms with Crippen LogP contribution in [0.3, 0.4) is 0 Å². The van der Waals surface area contributed by atoms with Crippen LogP contribution < -0.4 is 10.9 Å². The van der Waals surface area contributed by atoms with Crippen LogP contribution in [0.4, 0.5) is 10.1 Å². The summed E-state index contributed by atoms with van der Waals surface area (Å²) < 4.78 is 16.8. The van der Waals surface area contributed by atoms with E-state index in [4.69, 9.17) is 0 Å². The van der Waals surface area contributed by atoms with E-state index in [2.05, 4.69) is 26.3 Å². The lowest BCUT2D eigenvalue weighted by Crippen LogP contribution is -2.25. The Kier molecular flexibility index (Phi) is 4.82. The maximum Gasteiger partial charge on any atom is 0.276 e. The van der Waals surface area contributed by atoms with Gasteiger partial charge in [-0.05, 0) is 59.8 Å². The first-order valence-corrected chi connectivity index (χ1v) is 9.66. The number of aryl methyl sites for hydroxylation is 3. The molecule has 0 spiro atoms. The van der Waals surface area contributed by atoms with Crippen molar-refractivity contribution < 1.29 is 9.18 Å². The molecule has 1 aromatic carbocycles. The number of fused-ring (bicyclic) bond motifs is 3. The van der Waals surface area contributed by atoms with Crippen LogP contribution in [0.1, 0.15) is 30.5 Å². The highest BCUT2D eigenvalue weighted by atomic mass is 79.9. The molecule has 4 rings (SSSR count). The van der Waals surface area contributed by atoms with Crippen LogP contribution in [0.2, 0.25) is 0 Å². The van der Waals surface area contributed by atoms with Crippen molar-refractivity contribution in [1.29, 1.82) is 0 Å². The number of carbonyl (C=O) groups is 1. The zero-order chi connectivity index (χ0) is 19.0. The van der Waals surface area contributed by atoms with Crippen molar-refractivity contribution in [2.45, 2.75) is 38.6 Å². The van der Waals surface area contributed by atoms with E-state index in [9.17, 15) is 14.0 Å². The second kappa shape index (κ2) is 7.26. The number of nitrogens with one attached hydrogen (secondary N) is 1. The second-order valence-corrected chi connectivity index (χ2v) is 7.50. The zero-order valence-electron chi connectivity index (χ0n) is 14.5. The molecule has 0 atom stereocenters. The molecule has 0 fully saturated rings. The minimum atomic E-state index is -0.385. The maximum atomic E-state index is 13.1. The fraction of sp³-hybridized carbons (Fsp3) is 0.316. The first-order chi connectivity index (χ1) is 13.0. The third-order valence-corrected chi connectivity index (χ3v) is 5.47. The van der Waals surface area contributed by atoms with Crippen LogP contribution in [-0.2, 0) is 24.2 Å². The molecule has 0 saturated heterocycles. The first kappa shape index (κ1) is 17.9. The number of aromatic nitrogens is 3. The van der Waals surface area contributed by atoms with Crippen LogP contribution in [0.5, 0.6) is 0 Å². The Morgan fingerprint density at radius 2 is 2.07 bits per heavy atom. The third kappa shape index (κ3) is 3.53. The molecule has 140 valence electrons. The van der Waals surface area contributed by atoms with E-state index >= 15 is 0 Å². The molecule has 6 nitrogen and oxygen atoms in total. The Hall–Kier alpha value is -2.48. The average molecular weight is 433 g/mol. The molecule has 1 aliphatic rings. The van der Waals surface area contributed by atoms with Gasteiger partial charge in [0.15, 0.2) is 0 Å². The predicted octanol–water partition coefficient (Wildman–Crippen LogP) is 3.31. The van der Waals surface area contributed by atoms with E-state index in [1.807, 2.05) is 0 Å². The molecule has 0 saturated carbocycles. The van der Waals surface area contributed by atoms with Gasteiger partial charge in [0.2, 0.25) is 5.91 Å². The minimum Gasteiger partial charge on any atom is -0.325 e. The van der Waals surface area contributed by atoms with Gasteiger partial charge in [-0.15, -0.1) is 0 Å². The van der Waals surface area contributed by atoms with Gasteiger partial charge in [0.25, 0.3) is 5.56 Å². The number of nitrogens with zero attached hydrogens (tertiary/aromatic N) is 3. The number of amides is 1. The molecule has 2 heterocycles.